The van der Waals surface area contributed by atoms with Gasteiger partial charge in [0.05, 0.1) is 5.69 Å². The molecule has 2 aromatic rings. The summed E-state index contributed by atoms with van der Waals surface area (Å²) in [5.41, 5.74) is 2.44. The lowest BCUT2D eigenvalue weighted by Crippen LogP contribution is -1.91. The molecular formula is C12H10ClFN2. The summed E-state index contributed by atoms with van der Waals surface area (Å²) >= 11 is 5.47. The number of pyridine rings is 1. The molecule has 1 heterocycles. The minimum atomic E-state index is -0.272. The maximum atomic E-state index is 13.1. The number of aryl methyl sites for hydroxylation is 1. The molecule has 4 heteroatoms. The minimum Gasteiger partial charge on any atom is -0.283 e. The van der Waals surface area contributed by atoms with E-state index in [1.54, 1.807) is 12.1 Å². The third kappa shape index (κ3) is 2.14. The minimum absolute atomic E-state index is 0.272. The molecule has 0 spiro atoms. The molecule has 0 saturated carbocycles. The number of hydrogen-bond donors (Lipinski definition) is 1. The second-order valence-electron chi connectivity index (χ2n) is 3.46. The fourth-order valence-electron chi connectivity index (χ4n) is 1.51. The summed E-state index contributed by atoms with van der Waals surface area (Å²) in [4.78, 5) is 6.69. The van der Waals surface area contributed by atoms with E-state index in [-0.39, 0.29) is 5.82 Å². The van der Waals surface area contributed by atoms with E-state index in [0.29, 0.717) is 11.5 Å². The molecule has 16 heavy (non-hydrogen) atoms. The van der Waals surface area contributed by atoms with Crippen LogP contribution in [0.25, 0.3) is 11.3 Å². The van der Waals surface area contributed by atoms with Crippen molar-refractivity contribution in [3.8, 4) is 11.3 Å². The van der Waals surface area contributed by atoms with Gasteiger partial charge in [-0.25, -0.2) is 9.37 Å². The largest absolute Gasteiger partial charge is 0.283 e. The molecule has 0 aliphatic carbocycles. The summed E-state index contributed by atoms with van der Waals surface area (Å²) in [5.74, 6) is 0.273. The first-order valence-electron chi connectivity index (χ1n) is 4.81. The second kappa shape index (κ2) is 4.49. The molecule has 0 unspecified atom stereocenters. The van der Waals surface area contributed by atoms with Gasteiger partial charge in [0.2, 0.25) is 0 Å². The highest BCUT2D eigenvalue weighted by Crippen LogP contribution is 2.23. The Morgan fingerprint density at radius 2 is 2.06 bits per heavy atom. The number of hydrogen-bond acceptors (Lipinski definition) is 2. The highest BCUT2D eigenvalue weighted by Gasteiger charge is 2.05. The first-order valence-corrected chi connectivity index (χ1v) is 5.19. The molecule has 0 atom stereocenters. The molecule has 2 rings (SSSR count). The van der Waals surface area contributed by atoms with Gasteiger partial charge in [0.15, 0.2) is 0 Å². The Morgan fingerprint density at radius 1 is 1.25 bits per heavy atom. The van der Waals surface area contributed by atoms with Crippen LogP contribution in [-0.2, 0) is 0 Å². The summed E-state index contributed by atoms with van der Waals surface area (Å²) < 4.78 is 13.1. The Balaban J connectivity index is 2.53. The molecule has 0 aliphatic heterocycles. The molecule has 0 aliphatic rings. The van der Waals surface area contributed by atoms with Gasteiger partial charge in [-0.1, -0.05) is 12.1 Å². The van der Waals surface area contributed by atoms with E-state index in [9.17, 15) is 4.39 Å². The summed E-state index contributed by atoms with van der Waals surface area (Å²) in [5, 5.41) is 0. The Hall–Kier alpha value is -1.61. The second-order valence-corrected chi connectivity index (χ2v) is 3.65. The number of aromatic nitrogens is 1. The maximum Gasteiger partial charge on any atom is 0.141 e. The summed E-state index contributed by atoms with van der Waals surface area (Å²) in [6, 6.07) is 10.0. The summed E-state index contributed by atoms with van der Waals surface area (Å²) in [6.45, 7) is 1.91. The van der Waals surface area contributed by atoms with Crippen LogP contribution in [-0.4, -0.2) is 4.98 Å². The smallest absolute Gasteiger partial charge is 0.141 e. The van der Waals surface area contributed by atoms with Gasteiger partial charge in [0.25, 0.3) is 0 Å². The predicted molar refractivity (Wildman–Crippen MR) is 63.8 cm³/mol. The average Bonchev–Trinajstić information content (AvgIpc) is 2.32. The summed E-state index contributed by atoms with van der Waals surface area (Å²) in [6.07, 6.45) is 0. The van der Waals surface area contributed by atoms with Crippen LogP contribution in [0.1, 0.15) is 5.56 Å². The molecule has 1 aromatic heterocycles. The molecule has 0 amide bonds. The van der Waals surface area contributed by atoms with Crippen molar-refractivity contribution >= 4 is 17.6 Å². The molecular weight excluding hydrogens is 227 g/mol. The third-order valence-corrected chi connectivity index (χ3v) is 2.52. The lowest BCUT2D eigenvalue weighted by molar-refractivity contribution is 0.628. The van der Waals surface area contributed by atoms with Crippen LogP contribution in [0.2, 0.25) is 0 Å². The number of nitrogens with one attached hydrogen (secondary N) is 1. The number of benzene rings is 1. The van der Waals surface area contributed by atoms with Crippen molar-refractivity contribution < 1.29 is 4.39 Å². The van der Waals surface area contributed by atoms with Crippen molar-refractivity contribution in [1.82, 2.24) is 4.98 Å². The molecule has 1 aromatic carbocycles. The normalized spacial score (nSPS) is 10.2. The lowest BCUT2D eigenvalue weighted by Gasteiger charge is -2.06. The van der Waals surface area contributed by atoms with E-state index in [0.717, 1.165) is 11.1 Å². The lowest BCUT2D eigenvalue weighted by atomic mass is 10.1. The Bertz CT molecular complexity index is 514. The zero-order valence-corrected chi connectivity index (χ0v) is 9.42. The van der Waals surface area contributed by atoms with Crippen molar-refractivity contribution in [2.24, 2.45) is 0 Å². The predicted octanol–water partition coefficient (Wildman–Crippen LogP) is 3.76. The number of rotatable bonds is 2. The van der Waals surface area contributed by atoms with Crippen LogP contribution >= 0.6 is 11.8 Å². The van der Waals surface area contributed by atoms with E-state index < -0.39 is 0 Å². The Morgan fingerprint density at radius 3 is 2.81 bits per heavy atom. The highest BCUT2D eigenvalue weighted by molar-refractivity contribution is 6.23. The molecule has 2 nitrogen and oxygen atoms in total. The first kappa shape index (κ1) is 10.9. The molecule has 0 saturated heterocycles. The van der Waals surface area contributed by atoms with Gasteiger partial charge in [-0.2, -0.15) is 0 Å². The van der Waals surface area contributed by atoms with Crippen molar-refractivity contribution in [2.45, 2.75) is 6.92 Å². The van der Waals surface area contributed by atoms with E-state index >= 15 is 0 Å². The van der Waals surface area contributed by atoms with E-state index in [4.69, 9.17) is 11.8 Å². The van der Waals surface area contributed by atoms with E-state index in [2.05, 4.69) is 9.82 Å². The van der Waals surface area contributed by atoms with Gasteiger partial charge in [-0.15, -0.1) is 0 Å². The monoisotopic (exact) mass is 236 g/mol. The third-order valence-electron chi connectivity index (χ3n) is 2.32. The maximum absolute atomic E-state index is 13.1. The Labute approximate surface area is 98.2 Å². The van der Waals surface area contributed by atoms with Gasteiger partial charge < -0.3 is 0 Å². The fourth-order valence-corrected chi connectivity index (χ4v) is 1.61. The van der Waals surface area contributed by atoms with Gasteiger partial charge >= 0.3 is 0 Å². The molecule has 82 valence electrons. The number of anilines is 1. The molecule has 1 N–H and O–H groups in total. The van der Waals surface area contributed by atoms with Crippen LogP contribution in [0.4, 0.5) is 10.2 Å². The highest BCUT2D eigenvalue weighted by atomic mass is 35.5. The van der Waals surface area contributed by atoms with Crippen molar-refractivity contribution in [1.29, 1.82) is 0 Å². The van der Waals surface area contributed by atoms with Crippen LogP contribution < -0.4 is 4.84 Å². The molecule has 0 bridgehead atoms. The molecule has 0 fully saturated rings. The van der Waals surface area contributed by atoms with E-state index in [1.165, 1.54) is 12.1 Å². The van der Waals surface area contributed by atoms with E-state index in [1.807, 2.05) is 19.1 Å². The molecule has 0 radical (unpaired) electrons. The standard InChI is InChI=1S/C12H10ClFN2/c1-8-5-6-9(14)7-10(8)11-3-2-4-12(15-11)16-13/h2-7H,1H3,(H,15,16). The van der Waals surface area contributed by atoms with Gasteiger partial charge in [-0.05, 0) is 36.8 Å². The zero-order chi connectivity index (χ0) is 11.5. The number of halogens is 2. The van der Waals surface area contributed by atoms with Crippen LogP contribution in [0.3, 0.4) is 0 Å². The van der Waals surface area contributed by atoms with Crippen molar-refractivity contribution in [3.63, 3.8) is 0 Å². The number of nitrogens with zero attached hydrogens (tertiary/aromatic N) is 1. The first-order chi connectivity index (χ1) is 7.70. The zero-order valence-electron chi connectivity index (χ0n) is 8.67. The van der Waals surface area contributed by atoms with Crippen molar-refractivity contribution in [3.05, 3.63) is 47.8 Å². The van der Waals surface area contributed by atoms with Crippen LogP contribution in [0, 0.1) is 12.7 Å². The van der Waals surface area contributed by atoms with Crippen molar-refractivity contribution in [2.75, 3.05) is 4.84 Å². The van der Waals surface area contributed by atoms with Gasteiger partial charge in [-0.3, -0.25) is 4.84 Å². The van der Waals surface area contributed by atoms with Gasteiger partial charge in [0, 0.05) is 17.3 Å². The Kier molecular flexibility index (Phi) is 3.06. The van der Waals surface area contributed by atoms with Gasteiger partial charge in [0.1, 0.15) is 11.6 Å². The average molecular weight is 237 g/mol. The SMILES string of the molecule is Cc1ccc(F)cc1-c1cccc(NCl)n1. The van der Waals surface area contributed by atoms with Crippen LogP contribution in [0.15, 0.2) is 36.4 Å². The van der Waals surface area contributed by atoms with Crippen LogP contribution in [0.5, 0.6) is 0 Å². The topological polar surface area (TPSA) is 24.9 Å². The fraction of sp³-hybridized carbons (Fsp3) is 0.0833. The summed E-state index contributed by atoms with van der Waals surface area (Å²) in [7, 11) is 0. The quantitative estimate of drug-likeness (QED) is 0.803.